The highest BCUT2D eigenvalue weighted by atomic mass is 79.9. The zero-order chi connectivity index (χ0) is 16.1. The van der Waals surface area contributed by atoms with Crippen molar-refractivity contribution in [2.45, 2.75) is 4.90 Å². The van der Waals surface area contributed by atoms with Crippen LogP contribution in [0.1, 0.15) is 15.9 Å². The van der Waals surface area contributed by atoms with Crippen molar-refractivity contribution in [2.24, 2.45) is 0 Å². The number of ether oxygens (including phenoxy) is 1. The molecule has 0 bridgehead atoms. The van der Waals surface area contributed by atoms with E-state index in [1.165, 1.54) is 19.3 Å². The number of carbonyl (C=O) groups is 1. The third kappa shape index (κ3) is 3.93. The van der Waals surface area contributed by atoms with Crippen LogP contribution in [-0.2, 0) is 0 Å². The summed E-state index contributed by atoms with van der Waals surface area (Å²) in [6, 6.07) is 10.7. The van der Waals surface area contributed by atoms with Gasteiger partial charge < -0.3 is 9.84 Å². The lowest BCUT2D eigenvalue weighted by Crippen LogP contribution is -1.93. The van der Waals surface area contributed by atoms with Gasteiger partial charge in [-0.05, 0) is 60.4 Å². The first-order chi connectivity index (χ1) is 10.5. The number of halogens is 1. The van der Waals surface area contributed by atoms with E-state index in [2.05, 4.69) is 15.9 Å². The van der Waals surface area contributed by atoms with Gasteiger partial charge >= 0.3 is 0 Å². The zero-order valence-electron chi connectivity index (χ0n) is 12.2. The first-order valence-corrected chi connectivity index (χ1v) is 8.50. The molecule has 0 spiro atoms. The van der Waals surface area contributed by atoms with E-state index >= 15 is 0 Å². The van der Waals surface area contributed by atoms with Crippen LogP contribution in [0.4, 0.5) is 0 Å². The maximum atomic E-state index is 12.2. The number of carbonyl (C=O) groups excluding carboxylic acids is 1. The van der Waals surface area contributed by atoms with Gasteiger partial charge in [0.2, 0.25) is 0 Å². The summed E-state index contributed by atoms with van der Waals surface area (Å²) in [6.07, 6.45) is 5.19. The average molecular weight is 379 g/mol. The van der Waals surface area contributed by atoms with E-state index in [0.29, 0.717) is 15.8 Å². The molecule has 0 fully saturated rings. The number of aromatic hydroxyl groups is 1. The van der Waals surface area contributed by atoms with Gasteiger partial charge in [-0.15, -0.1) is 11.8 Å². The molecule has 0 saturated heterocycles. The number of hydrogen-bond acceptors (Lipinski definition) is 4. The van der Waals surface area contributed by atoms with Crippen LogP contribution in [0.15, 0.2) is 51.8 Å². The molecule has 2 aromatic carbocycles. The van der Waals surface area contributed by atoms with Gasteiger partial charge in [-0.2, -0.15) is 0 Å². The predicted octanol–water partition coefficient (Wildman–Crippen LogP) is 4.78. The van der Waals surface area contributed by atoms with Crippen molar-refractivity contribution in [3.05, 3.63) is 58.1 Å². The summed E-state index contributed by atoms with van der Waals surface area (Å²) in [5.74, 6) is 0.330. The molecule has 0 aromatic heterocycles. The molecule has 5 heteroatoms. The molecule has 0 unspecified atom stereocenters. The molecule has 0 atom stereocenters. The van der Waals surface area contributed by atoms with Crippen molar-refractivity contribution >= 4 is 39.6 Å². The quantitative estimate of drug-likeness (QED) is 0.461. The molecule has 0 radical (unpaired) electrons. The van der Waals surface area contributed by atoms with Crippen LogP contribution in [-0.4, -0.2) is 24.3 Å². The summed E-state index contributed by atoms with van der Waals surface area (Å²) >= 11 is 4.99. The van der Waals surface area contributed by atoms with E-state index in [-0.39, 0.29) is 11.5 Å². The highest BCUT2D eigenvalue weighted by molar-refractivity contribution is 9.10. The second kappa shape index (κ2) is 7.51. The Morgan fingerprint density at radius 3 is 2.55 bits per heavy atom. The monoisotopic (exact) mass is 378 g/mol. The fourth-order valence-corrected chi connectivity index (χ4v) is 2.74. The van der Waals surface area contributed by atoms with Gasteiger partial charge in [0.25, 0.3) is 0 Å². The summed E-state index contributed by atoms with van der Waals surface area (Å²) < 4.78 is 5.75. The lowest BCUT2D eigenvalue weighted by molar-refractivity contribution is 0.104. The van der Waals surface area contributed by atoms with E-state index in [1.54, 1.807) is 23.9 Å². The maximum absolute atomic E-state index is 12.2. The number of thioether (sulfide) groups is 1. The van der Waals surface area contributed by atoms with Gasteiger partial charge in [-0.25, -0.2) is 0 Å². The Bertz CT molecular complexity index is 709. The molecule has 0 aliphatic heterocycles. The van der Waals surface area contributed by atoms with Gasteiger partial charge in [-0.1, -0.05) is 15.9 Å². The van der Waals surface area contributed by atoms with E-state index in [9.17, 15) is 9.90 Å². The minimum Gasteiger partial charge on any atom is -0.504 e. The highest BCUT2D eigenvalue weighted by Crippen LogP contribution is 2.33. The van der Waals surface area contributed by atoms with Gasteiger partial charge in [0, 0.05) is 14.9 Å². The lowest BCUT2D eigenvalue weighted by atomic mass is 10.1. The molecule has 114 valence electrons. The van der Waals surface area contributed by atoms with Crippen molar-refractivity contribution in [3.63, 3.8) is 0 Å². The average Bonchev–Trinajstić information content (AvgIpc) is 2.54. The Hall–Kier alpha value is -1.72. The number of hydrogen-bond donors (Lipinski definition) is 1. The molecular weight excluding hydrogens is 364 g/mol. The summed E-state index contributed by atoms with van der Waals surface area (Å²) in [5, 5.41) is 9.67. The standard InChI is InChI=1S/C17H15BrO3S/c1-21-17-9-12(14(18)10-16(17)20)5-8-15(19)11-3-6-13(22-2)7-4-11/h3-10,20H,1-2H3. The van der Waals surface area contributed by atoms with E-state index < -0.39 is 0 Å². The Morgan fingerprint density at radius 1 is 1.27 bits per heavy atom. The molecule has 2 rings (SSSR count). The number of ketones is 1. The van der Waals surface area contributed by atoms with Crippen molar-refractivity contribution < 1.29 is 14.6 Å². The van der Waals surface area contributed by atoms with Gasteiger partial charge in [0.05, 0.1) is 7.11 Å². The van der Waals surface area contributed by atoms with E-state index in [1.807, 2.05) is 30.5 Å². The van der Waals surface area contributed by atoms with Crippen LogP contribution in [0.5, 0.6) is 11.5 Å². The number of phenols is 1. The number of benzene rings is 2. The molecule has 0 aliphatic carbocycles. The van der Waals surface area contributed by atoms with Crippen LogP contribution >= 0.6 is 27.7 Å². The molecule has 3 nitrogen and oxygen atoms in total. The molecule has 0 amide bonds. The Kier molecular flexibility index (Phi) is 5.69. The van der Waals surface area contributed by atoms with Crippen LogP contribution in [0, 0.1) is 0 Å². The first kappa shape index (κ1) is 16.6. The second-order valence-corrected chi connectivity index (χ2v) is 6.21. The Labute approximate surface area is 142 Å². The predicted molar refractivity (Wildman–Crippen MR) is 93.9 cm³/mol. The molecular formula is C17H15BrO3S. The normalized spacial score (nSPS) is 10.9. The van der Waals surface area contributed by atoms with Crippen LogP contribution in [0.2, 0.25) is 0 Å². The Balaban J connectivity index is 2.22. The first-order valence-electron chi connectivity index (χ1n) is 6.48. The van der Waals surface area contributed by atoms with Gasteiger partial charge in [-0.3, -0.25) is 4.79 Å². The molecule has 1 N–H and O–H groups in total. The fraction of sp³-hybridized carbons (Fsp3) is 0.118. The number of rotatable bonds is 5. The summed E-state index contributed by atoms with van der Waals surface area (Å²) in [7, 11) is 1.48. The van der Waals surface area contributed by atoms with E-state index in [4.69, 9.17) is 4.74 Å². The van der Waals surface area contributed by atoms with Crippen molar-refractivity contribution in [2.75, 3.05) is 13.4 Å². The number of allylic oxidation sites excluding steroid dienone is 1. The zero-order valence-corrected chi connectivity index (χ0v) is 14.6. The molecule has 0 saturated carbocycles. The Morgan fingerprint density at radius 2 is 1.95 bits per heavy atom. The molecule has 2 aromatic rings. The van der Waals surface area contributed by atoms with Crippen molar-refractivity contribution in [1.82, 2.24) is 0 Å². The second-order valence-electron chi connectivity index (χ2n) is 4.47. The maximum Gasteiger partial charge on any atom is 0.185 e. The number of phenolic OH excluding ortho intramolecular Hbond substituents is 1. The topological polar surface area (TPSA) is 46.5 Å². The summed E-state index contributed by atoms with van der Waals surface area (Å²) in [5.41, 5.74) is 1.39. The van der Waals surface area contributed by atoms with Crippen LogP contribution in [0.25, 0.3) is 6.08 Å². The van der Waals surface area contributed by atoms with E-state index in [0.717, 1.165) is 10.5 Å². The largest absolute Gasteiger partial charge is 0.504 e. The third-order valence-corrected chi connectivity index (χ3v) is 4.52. The van der Waals surface area contributed by atoms with Crippen LogP contribution in [0.3, 0.4) is 0 Å². The highest BCUT2D eigenvalue weighted by Gasteiger charge is 2.07. The van der Waals surface area contributed by atoms with Crippen molar-refractivity contribution in [1.29, 1.82) is 0 Å². The third-order valence-electron chi connectivity index (χ3n) is 3.09. The van der Waals surface area contributed by atoms with Gasteiger partial charge in [0.1, 0.15) is 0 Å². The smallest absolute Gasteiger partial charge is 0.185 e. The lowest BCUT2D eigenvalue weighted by Gasteiger charge is -2.06. The minimum atomic E-state index is -0.0772. The minimum absolute atomic E-state index is 0.0468. The fourth-order valence-electron chi connectivity index (χ4n) is 1.87. The molecule has 0 heterocycles. The van der Waals surface area contributed by atoms with Crippen molar-refractivity contribution in [3.8, 4) is 11.5 Å². The molecule has 0 aliphatic rings. The summed E-state index contributed by atoms with van der Waals surface area (Å²) in [6.45, 7) is 0. The van der Waals surface area contributed by atoms with Gasteiger partial charge in [0.15, 0.2) is 17.3 Å². The van der Waals surface area contributed by atoms with Crippen LogP contribution < -0.4 is 4.74 Å². The SMILES string of the molecule is COc1cc(C=CC(=O)c2ccc(SC)cc2)c(Br)cc1O. The number of methoxy groups -OCH3 is 1. The summed E-state index contributed by atoms with van der Waals surface area (Å²) in [4.78, 5) is 13.3. The molecule has 22 heavy (non-hydrogen) atoms.